The second-order valence-electron chi connectivity index (χ2n) is 6.98. The van der Waals surface area contributed by atoms with E-state index in [0.717, 1.165) is 36.4 Å². The van der Waals surface area contributed by atoms with Gasteiger partial charge in [0.05, 0.1) is 30.7 Å². The predicted molar refractivity (Wildman–Crippen MR) is 109 cm³/mol. The Morgan fingerprint density at radius 2 is 1.12 bits per heavy atom. The second-order valence-corrected chi connectivity index (χ2v) is 10.8. The summed E-state index contributed by atoms with van der Waals surface area (Å²) in [7, 11) is -9.62. The summed E-state index contributed by atoms with van der Waals surface area (Å²) in [5.41, 5.74) is 6.54. The molecule has 0 aliphatic rings. The molecule has 0 aromatic heterocycles. The Hall–Kier alpha value is -3.26. The fourth-order valence-electron chi connectivity index (χ4n) is 3.02. The molecule has 0 fully saturated rings. The van der Waals surface area contributed by atoms with Crippen LogP contribution in [0.4, 0.5) is 37.7 Å². The number of alkyl halides is 6. The lowest BCUT2D eigenvalue weighted by molar-refractivity contribution is -0.140. The van der Waals surface area contributed by atoms with E-state index in [1.807, 2.05) is 0 Å². The van der Waals surface area contributed by atoms with Crippen LogP contribution in [0.5, 0.6) is 0 Å². The third-order valence-corrected chi connectivity index (χ3v) is 8.22. The van der Waals surface area contributed by atoms with Crippen LogP contribution in [0, 0.1) is 0 Å². The second kappa shape index (κ2) is 8.20. The molecule has 0 atom stereocenters. The van der Waals surface area contributed by atoms with E-state index in [-0.39, 0.29) is 11.8 Å². The van der Waals surface area contributed by atoms with Gasteiger partial charge in [-0.25, -0.2) is 16.8 Å². The number of benzene rings is 3. The van der Waals surface area contributed by atoms with Crippen molar-refractivity contribution in [2.24, 2.45) is 0 Å². The highest BCUT2D eigenvalue weighted by Crippen LogP contribution is 2.39. The molecule has 0 saturated carbocycles. The highest BCUT2D eigenvalue weighted by atomic mass is 32.2. The molecular formula is C20H14F6N2O4S2. The van der Waals surface area contributed by atoms with Crippen molar-refractivity contribution in [1.82, 2.24) is 0 Å². The molecule has 182 valence electrons. The minimum Gasteiger partial charge on any atom is -0.399 e. The molecule has 0 aliphatic carbocycles. The lowest BCUT2D eigenvalue weighted by atomic mass is 10.2. The molecule has 0 saturated heterocycles. The third kappa shape index (κ3) is 4.68. The number of halogens is 6. The summed E-state index contributed by atoms with van der Waals surface area (Å²) in [5.74, 6) is 0. The average molecular weight is 524 g/mol. The molecule has 3 aromatic rings. The van der Waals surface area contributed by atoms with Crippen molar-refractivity contribution in [3.05, 3.63) is 71.8 Å². The number of hydrogen-bond donors (Lipinski definition) is 2. The summed E-state index contributed by atoms with van der Waals surface area (Å²) in [6.07, 6.45) is -10.1. The van der Waals surface area contributed by atoms with Crippen LogP contribution >= 0.6 is 0 Å². The van der Waals surface area contributed by atoms with E-state index in [0.29, 0.717) is 18.2 Å². The standard InChI is InChI=1S/C20H14F6N2O4S2/c21-19(22,23)15-10-14(5-6-17(15)28)33(29,30)12-2-1-3-13(9-12)34(31,32)18-7-4-11(27)8-16(18)20(24,25)26/h1-10H,27-28H2. The number of rotatable bonds is 4. The van der Waals surface area contributed by atoms with E-state index in [4.69, 9.17) is 11.5 Å². The lowest BCUT2D eigenvalue weighted by Crippen LogP contribution is -2.15. The van der Waals surface area contributed by atoms with Crippen molar-refractivity contribution >= 4 is 31.0 Å². The fourth-order valence-corrected chi connectivity index (χ4v) is 5.94. The summed E-state index contributed by atoms with van der Waals surface area (Å²) in [4.78, 5) is -3.59. The van der Waals surface area contributed by atoms with E-state index < -0.39 is 68.4 Å². The van der Waals surface area contributed by atoms with Gasteiger partial charge in [-0.15, -0.1) is 0 Å². The molecule has 0 aliphatic heterocycles. The van der Waals surface area contributed by atoms with Crippen molar-refractivity contribution < 1.29 is 43.2 Å². The predicted octanol–water partition coefficient (Wildman–Crippen LogP) is 4.55. The van der Waals surface area contributed by atoms with Crippen molar-refractivity contribution in [3.63, 3.8) is 0 Å². The van der Waals surface area contributed by atoms with Gasteiger partial charge in [-0.3, -0.25) is 0 Å². The van der Waals surface area contributed by atoms with Crippen molar-refractivity contribution in [3.8, 4) is 0 Å². The van der Waals surface area contributed by atoms with E-state index >= 15 is 0 Å². The van der Waals surface area contributed by atoms with E-state index in [9.17, 15) is 43.2 Å². The molecule has 6 nitrogen and oxygen atoms in total. The number of nitrogen functional groups attached to an aromatic ring is 2. The Bertz CT molecular complexity index is 1480. The van der Waals surface area contributed by atoms with Crippen molar-refractivity contribution in [1.29, 1.82) is 0 Å². The largest absolute Gasteiger partial charge is 0.418 e. The zero-order valence-corrected chi connectivity index (χ0v) is 18.3. The molecule has 0 radical (unpaired) electrons. The molecule has 0 bridgehead atoms. The minimum absolute atomic E-state index is 0.285. The minimum atomic E-state index is -5.10. The molecule has 34 heavy (non-hydrogen) atoms. The van der Waals surface area contributed by atoms with Crippen LogP contribution in [0.1, 0.15) is 11.1 Å². The Labute approximate surface area is 189 Å². The Kier molecular flexibility index (Phi) is 6.12. The van der Waals surface area contributed by atoms with Crippen molar-refractivity contribution in [2.75, 3.05) is 11.5 Å². The zero-order valence-electron chi connectivity index (χ0n) is 16.6. The Balaban J connectivity index is 2.17. The summed E-state index contributed by atoms with van der Waals surface area (Å²) in [5, 5.41) is 0. The third-order valence-electron chi connectivity index (χ3n) is 4.67. The summed E-state index contributed by atoms with van der Waals surface area (Å²) in [6.45, 7) is 0. The van der Waals surface area contributed by atoms with Gasteiger partial charge in [0.2, 0.25) is 19.7 Å². The van der Waals surface area contributed by atoms with Crippen LogP contribution < -0.4 is 11.5 Å². The van der Waals surface area contributed by atoms with Gasteiger partial charge in [0.25, 0.3) is 0 Å². The maximum Gasteiger partial charge on any atom is 0.418 e. The Morgan fingerprint density at radius 3 is 1.68 bits per heavy atom. The molecular weight excluding hydrogens is 510 g/mol. The summed E-state index contributed by atoms with van der Waals surface area (Å²) < 4.78 is 131. The molecule has 0 amide bonds. The first kappa shape index (κ1) is 25.4. The molecule has 3 rings (SSSR count). The highest BCUT2D eigenvalue weighted by molar-refractivity contribution is 7.92. The van der Waals surface area contributed by atoms with Crippen LogP contribution in [-0.2, 0) is 32.0 Å². The lowest BCUT2D eigenvalue weighted by Gasteiger charge is -2.15. The molecule has 0 unspecified atom stereocenters. The van der Waals surface area contributed by atoms with Gasteiger partial charge >= 0.3 is 12.4 Å². The maximum absolute atomic E-state index is 13.4. The number of hydrogen-bond acceptors (Lipinski definition) is 6. The normalized spacial score (nSPS) is 13.1. The number of sulfone groups is 2. The molecule has 0 spiro atoms. The SMILES string of the molecule is Nc1ccc(S(=O)(=O)c2cccc(S(=O)(=O)c3ccc(N)c(C(F)(F)F)c3)c2)c(C(F)(F)F)c1. The maximum atomic E-state index is 13.4. The van der Waals surface area contributed by atoms with Gasteiger partial charge in [-0.2, -0.15) is 26.3 Å². The van der Waals surface area contributed by atoms with Gasteiger partial charge in [0.15, 0.2) is 0 Å². The van der Waals surface area contributed by atoms with E-state index in [1.54, 1.807) is 0 Å². The van der Waals surface area contributed by atoms with Crippen LogP contribution in [0.2, 0.25) is 0 Å². The smallest absolute Gasteiger partial charge is 0.399 e. The zero-order chi connectivity index (χ0) is 25.7. The number of nitrogens with two attached hydrogens (primary N) is 2. The number of anilines is 2. The highest BCUT2D eigenvalue weighted by Gasteiger charge is 2.38. The monoisotopic (exact) mass is 524 g/mol. The van der Waals surface area contributed by atoms with Crippen LogP contribution in [-0.4, -0.2) is 16.8 Å². The van der Waals surface area contributed by atoms with Gasteiger partial charge < -0.3 is 11.5 Å². The van der Waals surface area contributed by atoms with Gasteiger partial charge in [-0.05, 0) is 54.6 Å². The molecule has 0 heterocycles. The topological polar surface area (TPSA) is 120 Å². The summed E-state index contributed by atoms with van der Waals surface area (Å²) >= 11 is 0. The molecule has 3 aromatic carbocycles. The van der Waals surface area contributed by atoms with Crippen LogP contribution in [0.15, 0.2) is 80.2 Å². The first-order valence-corrected chi connectivity index (χ1v) is 12.0. The van der Waals surface area contributed by atoms with Crippen molar-refractivity contribution in [2.45, 2.75) is 31.9 Å². The summed E-state index contributed by atoms with van der Waals surface area (Å²) in [6, 6.07) is 7.02. The van der Waals surface area contributed by atoms with Gasteiger partial charge in [0, 0.05) is 11.4 Å². The first-order chi connectivity index (χ1) is 15.5. The average Bonchev–Trinajstić information content (AvgIpc) is 2.72. The quantitative estimate of drug-likeness (QED) is 0.382. The fraction of sp³-hybridized carbons (Fsp3) is 0.100. The van der Waals surface area contributed by atoms with E-state index in [1.165, 1.54) is 0 Å². The first-order valence-electron chi connectivity index (χ1n) is 8.99. The van der Waals surface area contributed by atoms with Gasteiger partial charge in [-0.1, -0.05) is 6.07 Å². The molecule has 4 N–H and O–H groups in total. The van der Waals surface area contributed by atoms with Crippen LogP contribution in [0.25, 0.3) is 0 Å². The van der Waals surface area contributed by atoms with E-state index in [2.05, 4.69) is 0 Å². The molecule has 14 heteroatoms. The Morgan fingerprint density at radius 1 is 0.588 bits per heavy atom. The van der Waals surface area contributed by atoms with Crippen LogP contribution in [0.3, 0.4) is 0 Å². The van der Waals surface area contributed by atoms with Gasteiger partial charge in [0.1, 0.15) is 0 Å².